The number of hydrogen-bond acceptors (Lipinski definition) is 4. The zero-order chi connectivity index (χ0) is 13.0. The molecule has 1 heterocycles. The van der Waals surface area contributed by atoms with Crippen LogP contribution in [0.15, 0.2) is 23.6 Å². The molecule has 0 atom stereocenters. The Hall–Kier alpha value is -1.46. The number of ether oxygens (including phenoxy) is 1. The summed E-state index contributed by atoms with van der Waals surface area (Å²) in [6, 6.07) is 4.94. The summed E-state index contributed by atoms with van der Waals surface area (Å²) in [7, 11) is 1.82. The molecule has 1 N–H and O–H groups in total. The second-order valence-electron chi connectivity index (χ2n) is 3.93. The molecule has 0 radical (unpaired) electrons. The molecule has 0 fully saturated rings. The van der Waals surface area contributed by atoms with E-state index < -0.39 is 0 Å². The molecule has 18 heavy (non-hydrogen) atoms. The molecule has 0 saturated carbocycles. The number of halogens is 1. The van der Waals surface area contributed by atoms with Crippen LogP contribution in [0.3, 0.4) is 0 Å². The van der Waals surface area contributed by atoms with Crippen LogP contribution in [0.4, 0.5) is 4.39 Å². The third-order valence-electron chi connectivity index (χ3n) is 2.42. The zero-order valence-corrected chi connectivity index (χ0v) is 11.2. The lowest BCUT2D eigenvalue weighted by Crippen LogP contribution is -2.08. The third-order valence-corrected chi connectivity index (χ3v) is 3.36. The number of rotatable bonds is 5. The van der Waals surface area contributed by atoms with Crippen molar-refractivity contribution in [1.82, 2.24) is 10.3 Å². The van der Waals surface area contributed by atoms with Crippen molar-refractivity contribution in [3.8, 4) is 5.75 Å². The molecule has 1 aromatic heterocycles. The van der Waals surface area contributed by atoms with Gasteiger partial charge in [-0.1, -0.05) is 12.1 Å². The van der Waals surface area contributed by atoms with E-state index in [1.54, 1.807) is 6.07 Å². The van der Waals surface area contributed by atoms with Crippen molar-refractivity contribution in [3.63, 3.8) is 0 Å². The molecule has 5 heteroatoms. The minimum absolute atomic E-state index is 0.302. The molecule has 0 aliphatic heterocycles. The van der Waals surface area contributed by atoms with Gasteiger partial charge in [-0.3, -0.25) is 0 Å². The van der Waals surface area contributed by atoms with Crippen molar-refractivity contribution in [3.05, 3.63) is 45.7 Å². The normalized spacial score (nSPS) is 10.6. The summed E-state index contributed by atoms with van der Waals surface area (Å²) in [5.41, 5.74) is 1.77. The van der Waals surface area contributed by atoms with Gasteiger partial charge in [0.25, 0.3) is 0 Å². The maximum absolute atomic E-state index is 13.7. The molecule has 0 bridgehead atoms. The first-order valence-electron chi connectivity index (χ1n) is 5.66. The van der Waals surface area contributed by atoms with Crippen LogP contribution in [-0.2, 0) is 13.2 Å². The molecule has 0 aliphatic rings. The van der Waals surface area contributed by atoms with Crippen LogP contribution in [0.5, 0.6) is 5.75 Å². The van der Waals surface area contributed by atoms with Crippen LogP contribution in [0.2, 0.25) is 0 Å². The first kappa shape index (κ1) is 13.0. The van der Waals surface area contributed by atoms with Gasteiger partial charge in [0, 0.05) is 23.2 Å². The molecule has 0 saturated heterocycles. The van der Waals surface area contributed by atoms with Gasteiger partial charge >= 0.3 is 0 Å². The van der Waals surface area contributed by atoms with Crippen molar-refractivity contribution in [2.75, 3.05) is 7.05 Å². The minimum atomic E-state index is -0.337. The fraction of sp³-hybridized carbons (Fsp3) is 0.308. The summed E-state index contributed by atoms with van der Waals surface area (Å²) in [4.78, 5) is 4.29. The Bertz CT molecular complexity index is 527. The van der Waals surface area contributed by atoms with Gasteiger partial charge in [-0.05, 0) is 20.0 Å². The van der Waals surface area contributed by atoms with E-state index >= 15 is 0 Å². The van der Waals surface area contributed by atoms with Gasteiger partial charge in [0.15, 0.2) is 11.6 Å². The van der Waals surface area contributed by atoms with Gasteiger partial charge in [-0.2, -0.15) is 0 Å². The van der Waals surface area contributed by atoms with E-state index in [0.29, 0.717) is 18.9 Å². The predicted molar refractivity (Wildman–Crippen MR) is 70.3 cm³/mol. The van der Waals surface area contributed by atoms with E-state index in [1.165, 1.54) is 17.4 Å². The van der Waals surface area contributed by atoms with Gasteiger partial charge in [-0.25, -0.2) is 9.37 Å². The summed E-state index contributed by atoms with van der Waals surface area (Å²) in [6.45, 7) is 2.80. The Balaban J connectivity index is 2.12. The Labute approximate surface area is 110 Å². The molecule has 2 rings (SSSR count). The summed E-state index contributed by atoms with van der Waals surface area (Å²) < 4.78 is 19.3. The lowest BCUT2D eigenvalue weighted by atomic mass is 10.2. The number of hydrogen-bond donors (Lipinski definition) is 1. The Morgan fingerprint density at radius 2 is 2.28 bits per heavy atom. The average molecular weight is 266 g/mol. The number of nitrogens with one attached hydrogen (secondary N) is 1. The fourth-order valence-corrected chi connectivity index (χ4v) is 2.33. The van der Waals surface area contributed by atoms with Gasteiger partial charge in [0.05, 0.1) is 0 Å². The highest BCUT2D eigenvalue weighted by molar-refractivity contribution is 7.09. The summed E-state index contributed by atoms with van der Waals surface area (Å²) in [5.74, 6) is -0.0317. The highest BCUT2D eigenvalue weighted by atomic mass is 32.1. The second kappa shape index (κ2) is 5.93. The van der Waals surface area contributed by atoms with E-state index in [1.807, 2.05) is 25.4 Å². The number of aromatic nitrogens is 1. The van der Waals surface area contributed by atoms with E-state index in [-0.39, 0.29) is 5.82 Å². The molecule has 96 valence electrons. The lowest BCUT2D eigenvalue weighted by molar-refractivity contribution is 0.285. The van der Waals surface area contributed by atoms with Gasteiger partial charge in [0.1, 0.15) is 11.6 Å². The molecular formula is C13H15FN2OS. The first-order chi connectivity index (χ1) is 8.70. The maximum Gasteiger partial charge on any atom is 0.165 e. The fourth-order valence-electron chi connectivity index (χ4n) is 1.65. The molecule has 3 nitrogen and oxygen atoms in total. The molecular weight excluding hydrogens is 251 g/mol. The quantitative estimate of drug-likeness (QED) is 0.903. The number of thiazole rings is 1. The Morgan fingerprint density at radius 3 is 2.94 bits per heavy atom. The molecule has 0 amide bonds. The molecule has 0 aliphatic carbocycles. The van der Waals surface area contributed by atoms with E-state index in [9.17, 15) is 4.39 Å². The van der Waals surface area contributed by atoms with Gasteiger partial charge < -0.3 is 10.1 Å². The molecule has 1 aromatic carbocycles. The van der Waals surface area contributed by atoms with Crippen LogP contribution < -0.4 is 10.1 Å². The van der Waals surface area contributed by atoms with Crippen molar-refractivity contribution in [2.45, 2.75) is 20.1 Å². The van der Waals surface area contributed by atoms with Crippen molar-refractivity contribution >= 4 is 11.3 Å². The molecule has 0 spiro atoms. The largest absolute Gasteiger partial charge is 0.483 e. The SMILES string of the molecule is CNCc1cccc(F)c1OCc1nc(C)cs1. The van der Waals surface area contributed by atoms with Crippen molar-refractivity contribution in [2.24, 2.45) is 0 Å². The van der Waals surface area contributed by atoms with Crippen LogP contribution in [0.1, 0.15) is 16.3 Å². The van der Waals surface area contributed by atoms with Crippen LogP contribution in [-0.4, -0.2) is 12.0 Å². The van der Waals surface area contributed by atoms with Crippen LogP contribution in [0.25, 0.3) is 0 Å². The van der Waals surface area contributed by atoms with Crippen molar-refractivity contribution in [1.29, 1.82) is 0 Å². The van der Waals surface area contributed by atoms with E-state index in [0.717, 1.165) is 16.3 Å². The number of para-hydroxylation sites is 1. The highest BCUT2D eigenvalue weighted by Crippen LogP contribution is 2.24. The maximum atomic E-state index is 13.7. The smallest absolute Gasteiger partial charge is 0.165 e. The second-order valence-corrected chi connectivity index (χ2v) is 4.87. The van der Waals surface area contributed by atoms with Gasteiger partial charge in [-0.15, -0.1) is 11.3 Å². The summed E-state index contributed by atoms with van der Waals surface area (Å²) in [6.07, 6.45) is 0. The zero-order valence-electron chi connectivity index (χ0n) is 10.4. The van der Waals surface area contributed by atoms with Crippen LogP contribution >= 0.6 is 11.3 Å². The number of benzene rings is 1. The first-order valence-corrected chi connectivity index (χ1v) is 6.54. The summed E-state index contributed by atoms with van der Waals surface area (Å²) >= 11 is 1.52. The number of nitrogens with zero attached hydrogens (tertiary/aromatic N) is 1. The Morgan fingerprint density at radius 1 is 1.44 bits per heavy atom. The van der Waals surface area contributed by atoms with Gasteiger partial charge in [0.2, 0.25) is 0 Å². The van der Waals surface area contributed by atoms with Crippen LogP contribution in [0, 0.1) is 12.7 Å². The molecule has 0 unspecified atom stereocenters. The standard InChI is InChI=1S/C13H15FN2OS/c1-9-8-18-12(16-9)7-17-13-10(6-15-2)4-3-5-11(13)14/h3-5,8,15H,6-7H2,1-2H3. The minimum Gasteiger partial charge on any atom is -0.483 e. The number of aryl methyl sites for hydroxylation is 1. The average Bonchev–Trinajstić information content (AvgIpc) is 2.75. The lowest BCUT2D eigenvalue weighted by Gasteiger charge is -2.11. The summed E-state index contributed by atoms with van der Waals surface area (Å²) in [5, 5.41) is 5.80. The van der Waals surface area contributed by atoms with E-state index in [2.05, 4.69) is 10.3 Å². The topological polar surface area (TPSA) is 34.1 Å². The Kier molecular flexibility index (Phi) is 4.28. The predicted octanol–water partition coefficient (Wildman–Crippen LogP) is 2.89. The third kappa shape index (κ3) is 3.05. The van der Waals surface area contributed by atoms with E-state index in [4.69, 9.17) is 4.74 Å². The molecule has 2 aromatic rings. The monoisotopic (exact) mass is 266 g/mol. The van der Waals surface area contributed by atoms with Crippen molar-refractivity contribution < 1.29 is 9.13 Å². The highest BCUT2D eigenvalue weighted by Gasteiger charge is 2.10.